The fraction of sp³-hybridized carbons (Fsp3) is 0.250. The summed E-state index contributed by atoms with van der Waals surface area (Å²) in [6.07, 6.45) is 1.08. The second-order valence-electron chi connectivity index (χ2n) is 3.42. The van der Waals surface area contributed by atoms with E-state index in [9.17, 15) is 0 Å². The van der Waals surface area contributed by atoms with E-state index in [0.717, 1.165) is 25.1 Å². The summed E-state index contributed by atoms with van der Waals surface area (Å²) >= 11 is 3.44. The van der Waals surface area contributed by atoms with Gasteiger partial charge in [0.2, 0.25) is 0 Å². The Bertz CT molecular complexity index is 465. The Morgan fingerprint density at radius 1 is 1.31 bits per heavy atom. The minimum atomic E-state index is 0.764. The van der Waals surface area contributed by atoms with Gasteiger partial charge < -0.3 is 5.32 Å². The van der Waals surface area contributed by atoms with E-state index in [0.29, 0.717) is 0 Å². The van der Waals surface area contributed by atoms with Gasteiger partial charge in [-0.3, -0.25) is 0 Å². The van der Waals surface area contributed by atoms with Crippen LogP contribution in [-0.4, -0.2) is 6.54 Å². The van der Waals surface area contributed by atoms with Gasteiger partial charge in [0.1, 0.15) is 6.07 Å². The van der Waals surface area contributed by atoms with Crippen LogP contribution in [0, 0.1) is 11.3 Å². The molecule has 1 N–H and O–H groups in total. The molecule has 0 radical (unpaired) electrons. The Morgan fingerprint density at radius 2 is 2.25 bits per heavy atom. The lowest BCUT2D eigenvalue weighted by Gasteiger charge is -2.00. The summed E-state index contributed by atoms with van der Waals surface area (Å²) in [6, 6.07) is 8.33. The van der Waals surface area contributed by atoms with Crippen molar-refractivity contribution in [2.24, 2.45) is 0 Å². The van der Waals surface area contributed by atoms with Crippen LogP contribution < -0.4 is 5.32 Å². The molecular weight excluding hydrogens is 236 g/mol. The maximum atomic E-state index is 8.69. The number of nitrogens with zero attached hydrogens (tertiary/aromatic N) is 1. The monoisotopic (exact) mass is 248 g/mol. The van der Waals surface area contributed by atoms with E-state index >= 15 is 0 Å². The van der Waals surface area contributed by atoms with Crippen molar-refractivity contribution in [1.29, 1.82) is 5.26 Å². The van der Waals surface area contributed by atoms with E-state index < -0.39 is 0 Å². The van der Waals surface area contributed by atoms with E-state index in [1.165, 1.54) is 9.75 Å². The smallest absolute Gasteiger partial charge is 0.100 e. The molecule has 0 saturated heterocycles. The maximum Gasteiger partial charge on any atom is 0.100 e. The zero-order valence-corrected chi connectivity index (χ0v) is 10.4. The van der Waals surface area contributed by atoms with E-state index in [2.05, 4.69) is 28.9 Å². The quantitative estimate of drug-likeness (QED) is 0.826. The maximum absolute atomic E-state index is 8.69. The summed E-state index contributed by atoms with van der Waals surface area (Å²) < 4.78 is 0. The van der Waals surface area contributed by atoms with Gasteiger partial charge in [-0.05, 0) is 23.9 Å². The van der Waals surface area contributed by atoms with Crippen LogP contribution in [0.5, 0.6) is 0 Å². The molecule has 4 heteroatoms. The Balaban J connectivity index is 1.70. The first-order chi connectivity index (χ1) is 7.88. The van der Waals surface area contributed by atoms with Crippen molar-refractivity contribution in [1.82, 2.24) is 5.32 Å². The molecule has 0 aliphatic rings. The molecule has 0 fully saturated rings. The molecule has 2 aromatic heterocycles. The predicted molar refractivity (Wildman–Crippen MR) is 68.8 cm³/mol. The first-order valence-corrected chi connectivity index (χ1v) is 6.85. The van der Waals surface area contributed by atoms with Crippen LogP contribution in [0.3, 0.4) is 0 Å². The number of thiophene rings is 2. The summed E-state index contributed by atoms with van der Waals surface area (Å²) in [5, 5.41) is 16.1. The summed E-state index contributed by atoms with van der Waals surface area (Å²) in [5.74, 6) is 0. The second-order valence-corrected chi connectivity index (χ2v) is 5.45. The van der Waals surface area contributed by atoms with Gasteiger partial charge in [0.15, 0.2) is 0 Å². The molecule has 0 amide bonds. The molecule has 0 unspecified atom stereocenters. The van der Waals surface area contributed by atoms with Crippen LogP contribution in [0.1, 0.15) is 15.3 Å². The number of hydrogen-bond donors (Lipinski definition) is 1. The zero-order chi connectivity index (χ0) is 11.2. The van der Waals surface area contributed by atoms with Crippen molar-refractivity contribution in [3.05, 3.63) is 44.3 Å². The van der Waals surface area contributed by atoms with Crippen molar-refractivity contribution >= 4 is 22.7 Å². The zero-order valence-electron chi connectivity index (χ0n) is 8.77. The van der Waals surface area contributed by atoms with E-state index in [4.69, 9.17) is 5.26 Å². The SMILES string of the molecule is N#Cc1csc(CNCCc2cccs2)c1. The number of nitriles is 1. The molecule has 0 aliphatic heterocycles. The molecule has 82 valence electrons. The highest BCUT2D eigenvalue weighted by atomic mass is 32.1. The largest absolute Gasteiger partial charge is 0.311 e. The predicted octanol–water partition coefficient (Wildman–Crippen LogP) is 3.01. The van der Waals surface area contributed by atoms with Crippen molar-refractivity contribution in [3.8, 4) is 6.07 Å². The van der Waals surface area contributed by atoms with Crippen LogP contribution >= 0.6 is 22.7 Å². The molecule has 2 heterocycles. The fourth-order valence-electron chi connectivity index (χ4n) is 1.41. The third-order valence-corrected chi connectivity index (χ3v) is 4.08. The molecule has 2 nitrogen and oxygen atoms in total. The molecule has 0 saturated carbocycles. The van der Waals surface area contributed by atoms with E-state index in [-0.39, 0.29) is 0 Å². The highest BCUT2D eigenvalue weighted by Crippen LogP contribution is 2.13. The Hall–Kier alpha value is -1.15. The first kappa shape index (κ1) is 11.3. The van der Waals surface area contributed by atoms with Crippen LogP contribution in [-0.2, 0) is 13.0 Å². The highest BCUT2D eigenvalue weighted by Gasteiger charge is 1.98. The van der Waals surface area contributed by atoms with Gasteiger partial charge in [-0.1, -0.05) is 6.07 Å². The van der Waals surface area contributed by atoms with Gasteiger partial charge in [0.25, 0.3) is 0 Å². The normalized spacial score (nSPS) is 10.2. The first-order valence-electron chi connectivity index (χ1n) is 5.09. The van der Waals surface area contributed by atoms with E-state index in [1.54, 1.807) is 22.7 Å². The van der Waals surface area contributed by atoms with Crippen LogP contribution in [0.25, 0.3) is 0 Å². The molecule has 16 heavy (non-hydrogen) atoms. The van der Waals surface area contributed by atoms with Gasteiger partial charge in [-0.15, -0.1) is 22.7 Å². The third-order valence-electron chi connectivity index (χ3n) is 2.21. The van der Waals surface area contributed by atoms with Crippen molar-refractivity contribution < 1.29 is 0 Å². The molecule has 0 atom stereocenters. The Morgan fingerprint density at radius 3 is 2.94 bits per heavy atom. The molecule has 0 aliphatic carbocycles. The Kier molecular flexibility index (Phi) is 4.11. The van der Waals surface area contributed by atoms with Gasteiger partial charge >= 0.3 is 0 Å². The number of rotatable bonds is 5. The lowest BCUT2D eigenvalue weighted by molar-refractivity contribution is 0.697. The van der Waals surface area contributed by atoms with Crippen LogP contribution in [0.15, 0.2) is 29.0 Å². The van der Waals surface area contributed by atoms with E-state index in [1.807, 2.05) is 11.4 Å². The van der Waals surface area contributed by atoms with Gasteiger partial charge in [-0.25, -0.2) is 0 Å². The summed E-state index contributed by atoms with van der Waals surface area (Å²) in [4.78, 5) is 2.64. The Labute approximate surface area is 103 Å². The van der Waals surface area contributed by atoms with Crippen molar-refractivity contribution in [2.75, 3.05) is 6.54 Å². The average Bonchev–Trinajstić information content (AvgIpc) is 2.95. The number of nitrogens with one attached hydrogen (secondary N) is 1. The van der Waals surface area contributed by atoms with Crippen molar-refractivity contribution in [2.45, 2.75) is 13.0 Å². The van der Waals surface area contributed by atoms with Gasteiger partial charge in [0, 0.05) is 28.2 Å². The summed E-state index contributed by atoms with van der Waals surface area (Å²) in [7, 11) is 0. The molecule has 2 rings (SSSR count). The molecule has 0 aromatic carbocycles. The van der Waals surface area contributed by atoms with Crippen molar-refractivity contribution in [3.63, 3.8) is 0 Å². The standard InChI is InChI=1S/C12H12N2S2/c13-7-10-6-12(16-9-10)8-14-4-3-11-2-1-5-15-11/h1-2,5-6,9,14H,3-4,8H2. The lowest BCUT2D eigenvalue weighted by Crippen LogP contribution is -2.15. The van der Waals surface area contributed by atoms with Gasteiger partial charge in [0.05, 0.1) is 5.56 Å². The average molecular weight is 248 g/mol. The van der Waals surface area contributed by atoms with Crippen LogP contribution in [0.2, 0.25) is 0 Å². The second kappa shape index (κ2) is 5.80. The van der Waals surface area contributed by atoms with Crippen LogP contribution in [0.4, 0.5) is 0 Å². The highest BCUT2D eigenvalue weighted by molar-refractivity contribution is 7.10. The third kappa shape index (κ3) is 3.17. The minimum Gasteiger partial charge on any atom is -0.311 e. The number of hydrogen-bond acceptors (Lipinski definition) is 4. The molecule has 0 spiro atoms. The molecule has 0 bridgehead atoms. The lowest BCUT2D eigenvalue weighted by atomic mass is 10.3. The topological polar surface area (TPSA) is 35.8 Å². The molecular formula is C12H12N2S2. The summed E-state index contributed by atoms with van der Waals surface area (Å²) in [5.41, 5.74) is 0.764. The summed E-state index contributed by atoms with van der Waals surface area (Å²) in [6.45, 7) is 1.85. The van der Waals surface area contributed by atoms with Gasteiger partial charge in [-0.2, -0.15) is 5.26 Å². The fourth-order valence-corrected chi connectivity index (χ4v) is 2.90. The minimum absolute atomic E-state index is 0.764. The molecule has 2 aromatic rings.